The lowest BCUT2D eigenvalue weighted by Crippen LogP contribution is -2.40. The number of thiophene rings is 1. The highest BCUT2D eigenvalue weighted by Gasteiger charge is 2.32. The quantitative estimate of drug-likeness (QED) is 0.609. The lowest BCUT2D eigenvalue weighted by Gasteiger charge is -2.17. The van der Waals surface area contributed by atoms with Gasteiger partial charge in [0.2, 0.25) is 11.8 Å². The molecule has 2 amide bonds. The van der Waals surface area contributed by atoms with Crippen LogP contribution in [0, 0.1) is 0 Å². The maximum atomic E-state index is 12.7. The van der Waals surface area contributed by atoms with Crippen molar-refractivity contribution >= 4 is 57.5 Å². The monoisotopic (exact) mass is 427 g/mol. The Balaban J connectivity index is 1.37. The van der Waals surface area contributed by atoms with Gasteiger partial charge in [-0.1, -0.05) is 17.7 Å². The summed E-state index contributed by atoms with van der Waals surface area (Å²) in [6.07, 6.45) is 5.11. The van der Waals surface area contributed by atoms with Gasteiger partial charge in [-0.3, -0.25) is 9.59 Å². The Morgan fingerprint density at radius 1 is 1.34 bits per heavy atom. The van der Waals surface area contributed by atoms with Gasteiger partial charge in [-0.15, -0.1) is 11.3 Å². The number of likely N-dealkylation sites (tertiary alicyclic amines) is 1. The molecule has 0 aliphatic carbocycles. The number of hydrogen-bond donors (Lipinski definition) is 2. The highest BCUT2D eigenvalue weighted by Crippen LogP contribution is 2.23. The van der Waals surface area contributed by atoms with Crippen molar-refractivity contribution in [1.29, 1.82) is 0 Å². The molecule has 0 unspecified atom stereocenters. The highest BCUT2D eigenvalue weighted by molar-refractivity contribution is 7.17. The smallest absolute Gasteiger partial charge is 0.245 e. The summed E-state index contributed by atoms with van der Waals surface area (Å²) in [5, 5.41) is 3.56. The first-order valence-electron chi connectivity index (χ1n) is 9.01. The fraction of sp³-hybridized carbons (Fsp3) is 0.200. The van der Waals surface area contributed by atoms with Crippen LogP contribution in [0.2, 0.25) is 4.34 Å². The van der Waals surface area contributed by atoms with Crippen LogP contribution >= 0.6 is 22.9 Å². The minimum absolute atomic E-state index is 0.0896. The Kier molecular flexibility index (Phi) is 5.46. The van der Waals surface area contributed by atoms with Crippen LogP contribution in [0.3, 0.4) is 0 Å². The molecular formula is C20H18ClN5O2S. The molecule has 1 saturated heterocycles. The number of nitrogens with zero attached hydrogens (tertiary/aromatic N) is 3. The van der Waals surface area contributed by atoms with E-state index >= 15 is 0 Å². The van der Waals surface area contributed by atoms with Crippen LogP contribution in [0.5, 0.6) is 0 Å². The first-order valence-corrected chi connectivity index (χ1v) is 10.2. The third-order valence-corrected chi connectivity index (χ3v) is 5.91. The van der Waals surface area contributed by atoms with Gasteiger partial charge in [0, 0.05) is 29.4 Å². The molecule has 29 heavy (non-hydrogen) atoms. The second-order valence-electron chi connectivity index (χ2n) is 6.70. The minimum atomic E-state index is -0.516. The Hall–Kier alpha value is -2.97. The number of hydrogen-bond acceptors (Lipinski definition) is 6. The van der Waals surface area contributed by atoms with Crippen LogP contribution < -0.4 is 11.1 Å². The summed E-state index contributed by atoms with van der Waals surface area (Å²) < 4.78 is 0.662. The highest BCUT2D eigenvalue weighted by atomic mass is 35.5. The number of amides is 2. The first kappa shape index (κ1) is 19.4. The largest absolute Gasteiger partial charge is 0.383 e. The number of carbonyl (C=O) groups excluding carboxylic acids is 2. The Morgan fingerprint density at radius 3 is 3.00 bits per heavy atom. The Bertz CT molecular complexity index is 1110. The predicted molar refractivity (Wildman–Crippen MR) is 114 cm³/mol. The average Bonchev–Trinajstić information content (AvgIpc) is 3.27. The van der Waals surface area contributed by atoms with E-state index in [1.807, 2.05) is 24.3 Å². The van der Waals surface area contributed by atoms with Crippen molar-refractivity contribution in [2.45, 2.75) is 19.0 Å². The van der Waals surface area contributed by atoms with E-state index in [9.17, 15) is 9.59 Å². The molecule has 148 valence electrons. The van der Waals surface area contributed by atoms with Crippen LogP contribution in [0.4, 0.5) is 5.82 Å². The Morgan fingerprint density at radius 2 is 2.21 bits per heavy atom. The zero-order valence-electron chi connectivity index (χ0n) is 15.3. The number of nitrogen functional groups attached to an aromatic ring is 1. The minimum Gasteiger partial charge on any atom is -0.383 e. The van der Waals surface area contributed by atoms with Crippen molar-refractivity contribution in [3.05, 3.63) is 57.5 Å². The van der Waals surface area contributed by atoms with Gasteiger partial charge in [0.15, 0.2) is 0 Å². The maximum absolute atomic E-state index is 12.7. The van der Waals surface area contributed by atoms with Gasteiger partial charge >= 0.3 is 0 Å². The summed E-state index contributed by atoms with van der Waals surface area (Å²) in [5.41, 5.74) is 7.54. The standard InChI is InChI=1S/C20H18ClN5O2S/c21-17-5-2-13(29-17)3-6-18(27)25-15-7-8-26(20(15)28)10-12-1-4-14-16(9-12)23-11-24-19(14)22/h1-6,9,11,15H,7-8,10H2,(H,25,27)(H2,22,23,24)/t15-/m0/s1. The number of fused-ring (bicyclic) bond motifs is 1. The number of halogens is 1. The van der Waals surface area contributed by atoms with E-state index in [2.05, 4.69) is 15.3 Å². The molecule has 0 spiro atoms. The zero-order valence-corrected chi connectivity index (χ0v) is 16.9. The molecule has 1 atom stereocenters. The summed E-state index contributed by atoms with van der Waals surface area (Å²) in [7, 11) is 0. The Labute approximate surface area is 176 Å². The van der Waals surface area contributed by atoms with Crippen molar-refractivity contribution in [3.8, 4) is 0 Å². The van der Waals surface area contributed by atoms with E-state index in [-0.39, 0.29) is 11.8 Å². The van der Waals surface area contributed by atoms with E-state index in [0.29, 0.717) is 29.7 Å². The number of nitrogens with one attached hydrogen (secondary N) is 1. The van der Waals surface area contributed by atoms with Gasteiger partial charge in [0.25, 0.3) is 0 Å². The fourth-order valence-corrected chi connectivity index (χ4v) is 4.23. The van der Waals surface area contributed by atoms with Gasteiger partial charge in [-0.25, -0.2) is 9.97 Å². The van der Waals surface area contributed by atoms with E-state index < -0.39 is 6.04 Å². The predicted octanol–water partition coefficient (Wildman–Crippen LogP) is 2.86. The molecule has 0 radical (unpaired) electrons. The molecule has 0 bridgehead atoms. The lowest BCUT2D eigenvalue weighted by atomic mass is 10.1. The number of anilines is 1. The van der Waals surface area contributed by atoms with Crippen molar-refractivity contribution in [3.63, 3.8) is 0 Å². The lowest BCUT2D eigenvalue weighted by molar-refractivity contribution is -0.132. The number of carbonyl (C=O) groups is 2. The molecule has 3 aromatic rings. The molecule has 0 saturated carbocycles. The fourth-order valence-electron chi connectivity index (χ4n) is 3.27. The zero-order chi connectivity index (χ0) is 20.4. The molecule has 1 aliphatic rings. The SMILES string of the molecule is Nc1ncnc2cc(CN3CC[C@H](NC(=O)C=Cc4ccc(Cl)s4)C3=O)ccc12. The molecule has 4 rings (SSSR count). The van der Waals surface area contributed by atoms with E-state index in [4.69, 9.17) is 17.3 Å². The summed E-state index contributed by atoms with van der Waals surface area (Å²) in [6.45, 7) is 1.03. The van der Waals surface area contributed by atoms with Crippen LogP contribution in [-0.4, -0.2) is 39.3 Å². The molecule has 7 nitrogen and oxygen atoms in total. The topological polar surface area (TPSA) is 101 Å². The molecule has 3 heterocycles. The molecule has 1 aliphatic heterocycles. The van der Waals surface area contributed by atoms with Gasteiger partial charge in [-0.2, -0.15) is 0 Å². The summed E-state index contributed by atoms with van der Waals surface area (Å²) in [6, 6.07) is 8.77. The van der Waals surface area contributed by atoms with E-state index in [0.717, 1.165) is 21.3 Å². The summed E-state index contributed by atoms with van der Waals surface area (Å²) in [5.74, 6) is 0.0419. The molecular weight excluding hydrogens is 410 g/mol. The molecule has 3 N–H and O–H groups in total. The van der Waals surface area contributed by atoms with Gasteiger partial charge in [-0.05, 0) is 42.3 Å². The van der Waals surface area contributed by atoms with Crippen LogP contribution in [-0.2, 0) is 16.1 Å². The number of rotatable bonds is 5. The van der Waals surface area contributed by atoms with Crippen LogP contribution in [0.15, 0.2) is 42.7 Å². The third-order valence-electron chi connectivity index (χ3n) is 4.71. The van der Waals surface area contributed by atoms with Crippen LogP contribution in [0.1, 0.15) is 16.9 Å². The number of benzene rings is 1. The second-order valence-corrected chi connectivity index (χ2v) is 8.44. The van der Waals surface area contributed by atoms with E-state index in [1.165, 1.54) is 23.7 Å². The van der Waals surface area contributed by atoms with Crippen molar-refractivity contribution in [2.75, 3.05) is 12.3 Å². The average molecular weight is 428 g/mol. The normalized spacial score (nSPS) is 16.8. The van der Waals surface area contributed by atoms with Gasteiger partial charge in [0.1, 0.15) is 18.2 Å². The number of nitrogens with two attached hydrogens (primary N) is 1. The summed E-state index contributed by atoms with van der Waals surface area (Å²) >= 11 is 7.26. The van der Waals surface area contributed by atoms with Crippen molar-refractivity contribution in [2.24, 2.45) is 0 Å². The first-order chi connectivity index (χ1) is 14.0. The molecule has 2 aromatic heterocycles. The van der Waals surface area contributed by atoms with Crippen molar-refractivity contribution < 1.29 is 9.59 Å². The second kappa shape index (κ2) is 8.18. The maximum Gasteiger partial charge on any atom is 0.245 e. The van der Waals surface area contributed by atoms with Crippen LogP contribution in [0.25, 0.3) is 17.0 Å². The summed E-state index contributed by atoms with van der Waals surface area (Å²) in [4.78, 5) is 35.6. The van der Waals surface area contributed by atoms with Gasteiger partial charge in [0.05, 0.1) is 9.85 Å². The van der Waals surface area contributed by atoms with E-state index in [1.54, 1.807) is 17.0 Å². The van der Waals surface area contributed by atoms with Crippen molar-refractivity contribution in [1.82, 2.24) is 20.2 Å². The number of aromatic nitrogens is 2. The van der Waals surface area contributed by atoms with Gasteiger partial charge < -0.3 is 16.0 Å². The molecule has 9 heteroatoms. The molecule has 1 fully saturated rings. The third kappa shape index (κ3) is 4.38. The molecule has 1 aromatic carbocycles.